The monoisotopic (exact) mass is 650 g/mol. The van der Waals surface area contributed by atoms with Gasteiger partial charge in [-0.15, -0.1) is 0 Å². The predicted octanol–water partition coefficient (Wildman–Crippen LogP) is 9.47. The van der Waals surface area contributed by atoms with Crippen molar-refractivity contribution in [1.82, 2.24) is 14.3 Å². The van der Waals surface area contributed by atoms with Crippen molar-refractivity contribution in [2.24, 2.45) is 13.0 Å². The summed E-state index contributed by atoms with van der Waals surface area (Å²) >= 11 is 3.54. The molecule has 7 heteroatoms. The largest absolute Gasteiger partial charge is 0.463 e. The van der Waals surface area contributed by atoms with Crippen LogP contribution in [0.2, 0.25) is 0 Å². The van der Waals surface area contributed by atoms with E-state index in [0.29, 0.717) is 24.9 Å². The highest BCUT2D eigenvalue weighted by Gasteiger charge is 2.23. The summed E-state index contributed by atoms with van der Waals surface area (Å²) in [5, 5.41) is 3.70. The molecule has 0 amide bonds. The zero-order valence-electron chi connectivity index (χ0n) is 28.4. The molecular formula is C40H50N4O2S. The molecule has 1 saturated carbocycles. The number of imidazole rings is 1. The Morgan fingerprint density at radius 2 is 1.64 bits per heavy atom. The number of rotatable bonds is 9. The summed E-state index contributed by atoms with van der Waals surface area (Å²) in [6.45, 7) is 8.44. The van der Waals surface area contributed by atoms with E-state index >= 15 is 0 Å². The summed E-state index contributed by atoms with van der Waals surface area (Å²) in [5.74, 6) is 3.04. The highest BCUT2D eigenvalue weighted by molar-refractivity contribution is 7.78. The molecule has 248 valence electrons. The number of benzene rings is 4. The van der Waals surface area contributed by atoms with Gasteiger partial charge in [0.2, 0.25) is 0 Å². The molecule has 6 nitrogen and oxygen atoms in total. The molecule has 1 aliphatic rings. The molecule has 4 aromatic carbocycles. The smallest absolute Gasteiger partial charge is 0.293 e. The third-order valence-corrected chi connectivity index (χ3v) is 8.94. The first-order valence-electron chi connectivity index (χ1n) is 16.6. The Hall–Kier alpha value is -4.07. The number of hydrogen-bond acceptors (Lipinski definition) is 6. The van der Waals surface area contributed by atoms with Crippen LogP contribution < -0.4 is 10.0 Å². The van der Waals surface area contributed by atoms with Gasteiger partial charge in [0, 0.05) is 19.3 Å². The second-order valence-corrected chi connectivity index (χ2v) is 13.0. The van der Waals surface area contributed by atoms with Crippen molar-refractivity contribution in [2.45, 2.75) is 64.9 Å². The van der Waals surface area contributed by atoms with Crippen molar-refractivity contribution in [2.75, 3.05) is 18.9 Å². The number of thiol groups is 1. The van der Waals surface area contributed by atoms with Gasteiger partial charge in [0.25, 0.3) is 6.47 Å². The average molecular weight is 651 g/mol. The Bertz CT molecular complexity index is 1650. The third-order valence-electron chi connectivity index (χ3n) is 8.94. The summed E-state index contributed by atoms with van der Waals surface area (Å²) in [5.41, 5.74) is 9.93. The first kappa shape index (κ1) is 35.8. The molecule has 0 radical (unpaired) electrons. The number of hydrogen-bond donors (Lipinski definition) is 3. The number of fused-ring (bicyclic) bond motifs is 1. The van der Waals surface area contributed by atoms with Gasteiger partial charge >= 0.3 is 0 Å². The summed E-state index contributed by atoms with van der Waals surface area (Å²) in [6.07, 6.45) is 5.23. The van der Waals surface area contributed by atoms with E-state index < -0.39 is 0 Å². The Balaban J connectivity index is 0.000000324. The first-order chi connectivity index (χ1) is 22.8. The van der Waals surface area contributed by atoms with E-state index in [4.69, 9.17) is 4.98 Å². The topological polar surface area (TPSA) is 68.2 Å². The van der Waals surface area contributed by atoms with Gasteiger partial charge in [-0.05, 0) is 103 Å². The van der Waals surface area contributed by atoms with Gasteiger partial charge < -0.3 is 14.6 Å². The van der Waals surface area contributed by atoms with E-state index in [1.165, 1.54) is 59.1 Å². The quantitative estimate of drug-likeness (QED) is 0.110. The summed E-state index contributed by atoms with van der Waals surface area (Å²) in [6, 6.07) is 34.4. The number of carbonyl (C=O) groups is 1. The van der Waals surface area contributed by atoms with Crippen molar-refractivity contribution in [3.05, 3.63) is 120 Å². The number of aromatic nitrogens is 2. The summed E-state index contributed by atoms with van der Waals surface area (Å²) in [7, 11) is 3.82. The number of aryl methyl sites for hydroxylation is 2. The van der Waals surface area contributed by atoms with Gasteiger partial charge in [0.05, 0.1) is 11.0 Å². The molecule has 6 rings (SSSR count). The molecular weight excluding hydrogens is 601 g/mol. The number of ether oxygens (including phenoxy) is 1. The maximum Gasteiger partial charge on any atom is 0.293 e. The second kappa shape index (κ2) is 18.3. The van der Waals surface area contributed by atoms with Gasteiger partial charge in [0.15, 0.2) is 0 Å². The van der Waals surface area contributed by atoms with Gasteiger partial charge in [-0.3, -0.25) is 9.52 Å². The van der Waals surface area contributed by atoms with Crippen LogP contribution in [-0.2, 0) is 23.2 Å². The fraction of sp³-hybridized carbons (Fsp3) is 0.350. The Morgan fingerprint density at radius 1 is 0.957 bits per heavy atom. The minimum Gasteiger partial charge on any atom is -0.463 e. The van der Waals surface area contributed by atoms with Crippen molar-refractivity contribution >= 4 is 36.0 Å². The maximum absolute atomic E-state index is 9.76. The van der Waals surface area contributed by atoms with Gasteiger partial charge in [-0.1, -0.05) is 106 Å². The number of carbonyl (C=O) groups excluding carboxylic acids is 1. The van der Waals surface area contributed by atoms with E-state index in [1.54, 1.807) is 7.05 Å². The van der Waals surface area contributed by atoms with Crippen LogP contribution in [0.5, 0.6) is 0 Å². The van der Waals surface area contributed by atoms with Crippen LogP contribution in [0, 0.1) is 12.8 Å². The molecule has 1 aliphatic carbocycles. The fourth-order valence-electron chi connectivity index (χ4n) is 6.18. The highest BCUT2D eigenvalue weighted by Crippen LogP contribution is 2.37. The van der Waals surface area contributed by atoms with E-state index in [-0.39, 0.29) is 0 Å². The lowest BCUT2D eigenvalue weighted by molar-refractivity contribution is -0.129. The lowest BCUT2D eigenvalue weighted by Crippen LogP contribution is -2.21. The zero-order chi connectivity index (χ0) is 33.6. The fourth-order valence-corrected chi connectivity index (χ4v) is 6.18. The molecule has 2 atom stereocenters. The van der Waals surface area contributed by atoms with E-state index in [1.807, 2.05) is 30.3 Å². The molecule has 1 heterocycles. The Morgan fingerprint density at radius 3 is 2.30 bits per heavy atom. The molecule has 1 fully saturated rings. The maximum atomic E-state index is 9.76. The van der Waals surface area contributed by atoms with Gasteiger partial charge in [-0.25, -0.2) is 4.98 Å². The highest BCUT2D eigenvalue weighted by atomic mass is 32.1. The number of nitrogens with zero attached hydrogens (tertiary/aromatic N) is 2. The van der Waals surface area contributed by atoms with Gasteiger partial charge in [0.1, 0.15) is 12.4 Å². The first-order valence-corrected chi connectivity index (χ1v) is 17.0. The predicted molar refractivity (Wildman–Crippen MR) is 200 cm³/mol. The molecule has 0 bridgehead atoms. The Kier molecular flexibility index (Phi) is 13.9. The van der Waals surface area contributed by atoms with E-state index in [0.717, 1.165) is 29.4 Å². The van der Waals surface area contributed by atoms with Crippen LogP contribution in [0.25, 0.3) is 22.2 Å². The minimum atomic E-state index is 0.365. The molecule has 0 saturated heterocycles. The minimum absolute atomic E-state index is 0.365. The zero-order valence-corrected chi connectivity index (χ0v) is 29.3. The van der Waals surface area contributed by atoms with Crippen LogP contribution in [-0.4, -0.2) is 29.6 Å². The van der Waals surface area contributed by atoms with Crippen LogP contribution in [0.15, 0.2) is 97.1 Å². The van der Waals surface area contributed by atoms with Crippen LogP contribution in [0.1, 0.15) is 73.9 Å². The SMILES string of the molecule is CNS.Cc1nc2cc(-c3ccc(C4CCCC(CNc5ccc(C(C)C)cc5)C4)cc3)ccc2n1C.O=COCc1ccccc1. The van der Waals surface area contributed by atoms with Gasteiger partial charge in [-0.2, -0.15) is 0 Å². The second-order valence-electron chi connectivity index (χ2n) is 12.5. The number of nitrogens with one attached hydrogen (secondary N) is 2. The Labute approximate surface area is 286 Å². The summed E-state index contributed by atoms with van der Waals surface area (Å²) < 4.78 is 9.13. The standard InChI is InChI=1S/C31H37N3.C8H8O2.CH5NS/c1-21(2)24-12-15-29(16-13-24)32-20-23-6-5-7-27(18-23)25-8-10-26(11-9-25)28-14-17-31-30(19-28)33-22(3)34(31)4;9-7-10-6-8-4-2-1-3-5-8;1-2-3/h8-17,19,21,23,27,32H,5-7,18,20H2,1-4H3;1-5,7H,6H2;2-3H,1H3. The number of anilines is 1. The van der Waals surface area contributed by atoms with E-state index in [2.05, 4.69) is 127 Å². The molecule has 2 N–H and O–H groups in total. The molecule has 5 aromatic rings. The molecule has 47 heavy (non-hydrogen) atoms. The van der Waals surface area contributed by atoms with E-state index in [9.17, 15) is 4.79 Å². The lowest BCUT2D eigenvalue weighted by Gasteiger charge is -2.30. The average Bonchev–Trinajstić information content (AvgIpc) is 3.39. The van der Waals surface area contributed by atoms with Crippen molar-refractivity contribution in [3.8, 4) is 11.1 Å². The van der Waals surface area contributed by atoms with Crippen molar-refractivity contribution < 1.29 is 9.53 Å². The van der Waals surface area contributed by atoms with Crippen LogP contribution >= 0.6 is 12.8 Å². The summed E-state index contributed by atoms with van der Waals surface area (Å²) in [4.78, 5) is 14.5. The van der Waals surface area contributed by atoms with Crippen molar-refractivity contribution in [1.29, 1.82) is 0 Å². The van der Waals surface area contributed by atoms with Crippen LogP contribution in [0.4, 0.5) is 5.69 Å². The normalized spacial score (nSPS) is 15.6. The lowest BCUT2D eigenvalue weighted by atomic mass is 9.77. The molecule has 2 unspecified atom stereocenters. The third kappa shape index (κ3) is 10.5. The molecule has 1 aromatic heterocycles. The van der Waals surface area contributed by atoms with Crippen LogP contribution in [0.3, 0.4) is 0 Å². The van der Waals surface area contributed by atoms with Crippen molar-refractivity contribution in [3.63, 3.8) is 0 Å². The molecule has 0 aliphatic heterocycles. The molecule has 0 spiro atoms.